The normalized spacial score (nSPS) is 31.3. The van der Waals surface area contributed by atoms with Crippen LogP contribution in [0.15, 0.2) is 59.1 Å². The predicted octanol–water partition coefficient (Wildman–Crippen LogP) is 5.00. The van der Waals surface area contributed by atoms with Gasteiger partial charge >= 0.3 is 0 Å². The zero-order valence-corrected chi connectivity index (χ0v) is 30.7. The van der Waals surface area contributed by atoms with Gasteiger partial charge in [-0.1, -0.05) is 36.7 Å². The minimum atomic E-state index is -3.56. The Morgan fingerprint density at radius 3 is 2.73 bits per heavy atom. The number of hydrogen-bond acceptors (Lipinski definition) is 9. The fourth-order valence-corrected chi connectivity index (χ4v) is 10.7. The van der Waals surface area contributed by atoms with Gasteiger partial charge in [0.1, 0.15) is 11.3 Å². The highest BCUT2D eigenvalue weighted by Gasteiger charge is 2.44. The number of ketones is 1. The molecule has 51 heavy (non-hydrogen) atoms. The summed E-state index contributed by atoms with van der Waals surface area (Å²) in [7, 11) is -0.534. The number of aryl methyl sites for hydroxylation is 2. The third kappa shape index (κ3) is 7.07. The first-order valence-electron chi connectivity index (χ1n) is 17.6. The van der Waals surface area contributed by atoms with Gasteiger partial charge in [0.25, 0.3) is 5.91 Å². The molecular formula is C38H45ClN4O7S. The van der Waals surface area contributed by atoms with Crippen LogP contribution in [0, 0.1) is 17.8 Å². The number of halogens is 1. The van der Waals surface area contributed by atoms with E-state index in [0.717, 1.165) is 37.8 Å². The standard InChI is InChI=1S/C38H45ClN4O7S/c1-23-19-51(48,20-34(46)29-18-42(2)40-37(29)49-3)41-36(47)25-7-13-35-31(16-25)43(17-26-6-9-28(26)33(45)12-11-32(23)44)21-38(22-50-35)14-4-5-24-15-27(39)8-10-30(24)38/h7-8,10-13,15-16,18,23,26,28,32-33,44-45H,4-6,9,14,17,19-22H2,1-3H3/b12-11+/t23-,26+,28-,32+,33+,38+,51-/m1/s1. The minimum absolute atomic E-state index is 0.0196. The number of amides is 1. The van der Waals surface area contributed by atoms with E-state index in [4.69, 9.17) is 21.1 Å². The summed E-state index contributed by atoms with van der Waals surface area (Å²) < 4.78 is 32.2. The Morgan fingerprint density at radius 1 is 1.16 bits per heavy atom. The van der Waals surface area contributed by atoms with Gasteiger partial charge in [-0.3, -0.25) is 14.3 Å². The molecule has 1 fully saturated rings. The third-order valence-corrected chi connectivity index (χ3v) is 13.7. The lowest BCUT2D eigenvalue weighted by molar-refractivity contribution is 0.0446. The van der Waals surface area contributed by atoms with Gasteiger partial charge in [0.05, 0.1) is 47.1 Å². The maximum Gasteiger partial charge on any atom is 0.285 e. The van der Waals surface area contributed by atoms with E-state index in [0.29, 0.717) is 30.5 Å². The summed E-state index contributed by atoms with van der Waals surface area (Å²) in [5.41, 5.74) is 3.20. The fraction of sp³-hybridized carbons (Fsp3) is 0.500. The van der Waals surface area contributed by atoms with Crippen molar-refractivity contribution in [3.05, 3.63) is 82.0 Å². The summed E-state index contributed by atoms with van der Waals surface area (Å²) in [4.78, 5) is 29.9. The molecule has 0 unspecified atom stereocenters. The summed E-state index contributed by atoms with van der Waals surface area (Å²) in [6.45, 7) is 3.40. The Labute approximate surface area is 303 Å². The van der Waals surface area contributed by atoms with E-state index in [2.05, 4.69) is 26.5 Å². The SMILES string of the molecule is COc1nn(C)cc1C(=O)C[S@@]1(=O)=NC(=O)c2ccc3c(c2)N(C[C@@H]2CC[C@H]2[C@@H](O)/C=C/[C@H](O)[C@H](C)C1)C[C@@]1(CCCc2cc(Cl)ccc21)CO3. The highest BCUT2D eigenvalue weighted by Crippen LogP contribution is 2.47. The number of benzene rings is 2. The second kappa shape index (κ2) is 14.0. The maximum absolute atomic E-state index is 14.6. The number of carbonyl (C=O) groups is 2. The number of hydrogen-bond donors (Lipinski definition) is 2. The molecule has 4 aliphatic rings. The average molecular weight is 737 g/mol. The first-order chi connectivity index (χ1) is 24.4. The summed E-state index contributed by atoms with van der Waals surface area (Å²) in [6.07, 6.45) is 7.38. The van der Waals surface area contributed by atoms with Crippen LogP contribution >= 0.6 is 11.6 Å². The van der Waals surface area contributed by atoms with Crippen molar-refractivity contribution in [3.8, 4) is 11.6 Å². The first kappa shape index (κ1) is 35.7. The van der Waals surface area contributed by atoms with Crippen LogP contribution in [0.25, 0.3) is 0 Å². The molecule has 7 rings (SSSR count). The van der Waals surface area contributed by atoms with E-state index in [1.165, 1.54) is 35.2 Å². The van der Waals surface area contributed by atoms with Crippen molar-refractivity contribution in [2.75, 3.05) is 43.2 Å². The molecule has 3 aromatic rings. The number of Topliss-reactive ketones (excluding diaryl/α,β-unsaturated/α-hetero) is 1. The molecule has 1 saturated carbocycles. The predicted molar refractivity (Wildman–Crippen MR) is 195 cm³/mol. The first-order valence-corrected chi connectivity index (χ1v) is 19.8. The maximum atomic E-state index is 14.6. The molecule has 11 nitrogen and oxygen atoms in total. The second-order valence-corrected chi connectivity index (χ2v) is 17.5. The topological polar surface area (TPSA) is 144 Å². The summed E-state index contributed by atoms with van der Waals surface area (Å²) in [5.74, 6) is -1.84. The Bertz CT molecular complexity index is 2000. The van der Waals surface area contributed by atoms with Gasteiger partial charge in [0, 0.05) is 48.1 Å². The lowest BCUT2D eigenvalue weighted by Gasteiger charge is -2.45. The molecule has 13 heteroatoms. The summed E-state index contributed by atoms with van der Waals surface area (Å²) in [5, 5.41) is 27.3. The highest BCUT2D eigenvalue weighted by atomic mass is 35.5. The van der Waals surface area contributed by atoms with Crippen LogP contribution in [-0.2, 0) is 28.6 Å². The largest absolute Gasteiger partial charge is 0.490 e. The second-order valence-electron chi connectivity index (χ2n) is 14.8. The van der Waals surface area contributed by atoms with Crippen molar-refractivity contribution < 1.29 is 33.5 Å². The molecule has 2 N–H and O–H groups in total. The van der Waals surface area contributed by atoms with Crippen LogP contribution in [0.1, 0.15) is 64.4 Å². The molecule has 2 aliphatic carbocycles. The summed E-state index contributed by atoms with van der Waals surface area (Å²) in [6, 6.07) is 11.3. The van der Waals surface area contributed by atoms with E-state index in [-0.39, 0.29) is 40.0 Å². The van der Waals surface area contributed by atoms with Gasteiger partial charge in [-0.2, -0.15) is 4.36 Å². The minimum Gasteiger partial charge on any atom is -0.490 e. The number of fused-ring (bicyclic) bond motifs is 4. The average Bonchev–Trinajstić information content (AvgIpc) is 3.40. The Kier molecular flexibility index (Phi) is 9.81. The Morgan fingerprint density at radius 2 is 1.96 bits per heavy atom. The van der Waals surface area contributed by atoms with Crippen molar-refractivity contribution in [1.82, 2.24) is 9.78 Å². The number of ether oxygens (including phenoxy) is 2. The van der Waals surface area contributed by atoms with Crippen molar-refractivity contribution in [2.45, 2.75) is 56.7 Å². The number of aliphatic hydroxyl groups is 2. The lowest BCUT2D eigenvalue weighted by atomic mass is 9.68. The van der Waals surface area contributed by atoms with Crippen LogP contribution in [0.5, 0.6) is 11.6 Å². The number of rotatable bonds is 4. The Hall–Kier alpha value is -3.71. The molecule has 7 atom stereocenters. The van der Waals surface area contributed by atoms with Gasteiger partial charge in [-0.05, 0) is 91.3 Å². The molecule has 2 bridgehead atoms. The van der Waals surface area contributed by atoms with E-state index in [1.807, 2.05) is 6.07 Å². The number of carbonyl (C=O) groups excluding carboxylic acids is 2. The smallest absolute Gasteiger partial charge is 0.285 e. The highest BCUT2D eigenvalue weighted by molar-refractivity contribution is 7.94. The molecule has 2 aromatic carbocycles. The van der Waals surface area contributed by atoms with E-state index in [1.54, 1.807) is 38.2 Å². The van der Waals surface area contributed by atoms with Crippen molar-refractivity contribution in [3.63, 3.8) is 0 Å². The van der Waals surface area contributed by atoms with Gasteiger partial charge < -0.3 is 24.6 Å². The molecule has 1 amide bonds. The molecule has 0 radical (unpaired) electrons. The number of aromatic nitrogens is 2. The molecular weight excluding hydrogens is 692 g/mol. The monoisotopic (exact) mass is 736 g/mol. The van der Waals surface area contributed by atoms with E-state index < -0.39 is 45.3 Å². The Balaban J connectivity index is 1.31. The molecule has 3 heterocycles. The van der Waals surface area contributed by atoms with E-state index >= 15 is 0 Å². The zero-order chi connectivity index (χ0) is 36.1. The van der Waals surface area contributed by atoms with Crippen LogP contribution in [0.3, 0.4) is 0 Å². The van der Waals surface area contributed by atoms with Crippen molar-refractivity contribution in [2.24, 2.45) is 29.2 Å². The van der Waals surface area contributed by atoms with E-state index in [9.17, 15) is 24.0 Å². The van der Waals surface area contributed by atoms with Gasteiger partial charge in [-0.25, -0.2) is 4.21 Å². The van der Waals surface area contributed by atoms with Crippen LogP contribution in [-0.4, -0.2) is 86.4 Å². The van der Waals surface area contributed by atoms with Crippen LogP contribution in [0.4, 0.5) is 5.69 Å². The lowest BCUT2D eigenvalue weighted by Crippen LogP contribution is -2.49. The number of anilines is 1. The molecule has 0 saturated heterocycles. The quantitative estimate of drug-likeness (QED) is 0.280. The van der Waals surface area contributed by atoms with Gasteiger partial charge in [0.2, 0.25) is 5.88 Å². The van der Waals surface area contributed by atoms with Crippen LogP contribution < -0.4 is 14.4 Å². The zero-order valence-electron chi connectivity index (χ0n) is 29.2. The van der Waals surface area contributed by atoms with Crippen molar-refractivity contribution >= 4 is 38.7 Å². The number of methoxy groups -OCH3 is 1. The molecule has 272 valence electrons. The van der Waals surface area contributed by atoms with Gasteiger partial charge in [0.15, 0.2) is 5.78 Å². The third-order valence-electron chi connectivity index (χ3n) is 11.2. The number of nitrogens with zero attached hydrogens (tertiary/aromatic N) is 4. The summed E-state index contributed by atoms with van der Waals surface area (Å²) >= 11 is 6.43. The van der Waals surface area contributed by atoms with Crippen molar-refractivity contribution in [1.29, 1.82) is 0 Å². The molecule has 1 spiro atoms. The molecule has 1 aromatic heterocycles. The molecule has 2 aliphatic heterocycles. The van der Waals surface area contributed by atoms with Crippen LogP contribution in [0.2, 0.25) is 5.02 Å². The number of aliphatic hydroxyl groups excluding tert-OH is 2. The fourth-order valence-electron chi connectivity index (χ4n) is 8.30. The van der Waals surface area contributed by atoms with Gasteiger partial charge in [-0.15, -0.1) is 5.10 Å².